The Labute approximate surface area is 83.4 Å². The number of rotatable bonds is 0. The molecule has 1 aliphatic rings. The third-order valence-corrected chi connectivity index (χ3v) is 2.18. The topological polar surface area (TPSA) is 33.0 Å². The maximum Gasteiger partial charge on any atom is 0.129 e. The molecule has 0 N–H and O–H groups in total. The lowest BCUT2D eigenvalue weighted by Crippen LogP contribution is -2.27. The van der Waals surface area contributed by atoms with Gasteiger partial charge in [-0.05, 0) is 38.1 Å². The van der Waals surface area contributed by atoms with E-state index in [4.69, 9.17) is 10.00 Å². The SMILES string of the molecule is CC1(C)C=Cc2ccc(C#N)cc2O1. The van der Waals surface area contributed by atoms with Crippen LogP contribution in [0.1, 0.15) is 25.0 Å². The summed E-state index contributed by atoms with van der Waals surface area (Å²) < 4.78 is 5.72. The van der Waals surface area contributed by atoms with E-state index in [1.807, 2.05) is 32.1 Å². The van der Waals surface area contributed by atoms with Gasteiger partial charge in [-0.1, -0.05) is 6.08 Å². The van der Waals surface area contributed by atoms with Gasteiger partial charge in [0.05, 0.1) is 11.6 Å². The quantitative estimate of drug-likeness (QED) is 0.622. The van der Waals surface area contributed by atoms with Crippen LogP contribution in [0.3, 0.4) is 0 Å². The van der Waals surface area contributed by atoms with E-state index in [1.54, 1.807) is 12.1 Å². The summed E-state index contributed by atoms with van der Waals surface area (Å²) in [6, 6.07) is 7.58. The summed E-state index contributed by atoms with van der Waals surface area (Å²) in [7, 11) is 0. The first-order chi connectivity index (χ1) is 6.61. The third kappa shape index (κ3) is 1.49. The molecule has 14 heavy (non-hydrogen) atoms. The molecule has 1 aromatic carbocycles. The van der Waals surface area contributed by atoms with Crippen LogP contribution in [-0.2, 0) is 0 Å². The maximum absolute atomic E-state index is 8.75. The summed E-state index contributed by atoms with van der Waals surface area (Å²) in [5, 5.41) is 8.75. The molecular weight excluding hydrogens is 174 g/mol. The highest BCUT2D eigenvalue weighted by molar-refractivity contribution is 5.62. The van der Waals surface area contributed by atoms with Crippen LogP contribution in [0.4, 0.5) is 0 Å². The summed E-state index contributed by atoms with van der Waals surface area (Å²) in [4.78, 5) is 0. The fourth-order valence-electron chi connectivity index (χ4n) is 1.44. The summed E-state index contributed by atoms with van der Waals surface area (Å²) in [6.07, 6.45) is 4.04. The zero-order valence-electron chi connectivity index (χ0n) is 8.24. The summed E-state index contributed by atoms with van der Waals surface area (Å²) in [5.74, 6) is 0.788. The minimum atomic E-state index is -0.277. The van der Waals surface area contributed by atoms with Gasteiger partial charge in [0.1, 0.15) is 11.4 Å². The molecule has 0 saturated heterocycles. The van der Waals surface area contributed by atoms with Crippen molar-refractivity contribution in [2.24, 2.45) is 0 Å². The molecule has 2 rings (SSSR count). The number of fused-ring (bicyclic) bond motifs is 1. The highest BCUT2D eigenvalue weighted by Crippen LogP contribution is 2.31. The van der Waals surface area contributed by atoms with Crippen LogP contribution < -0.4 is 4.74 Å². The number of nitriles is 1. The number of ether oxygens (including phenoxy) is 1. The average molecular weight is 185 g/mol. The first-order valence-corrected chi connectivity index (χ1v) is 4.53. The highest BCUT2D eigenvalue weighted by Gasteiger charge is 2.21. The molecule has 0 atom stereocenters. The van der Waals surface area contributed by atoms with Crippen molar-refractivity contribution in [2.75, 3.05) is 0 Å². The number of nitrogens with zero attached hydrogens (tertiary/aromatic N) is 1. The molecule has 0 aliphatic carbocycles. The molecule has 0 radical (unpaired) electrons. The Morgan fingerprint density at radius 2 is 2.14 bits per heavy atom. The third-order valence-electron chi connectivity index (χ3n) is 2.18. The number of benzene rings is 1. The Balaban J connectivity index is 2.49. The van der Waals surface area contributed by atoms with Crippen LogP contribution in [-0.4, -0.2) is 5.60 Å². The molecule has 70 valence electrons. The van der Waals surface area contributed by atoms with Gasteiger partial charge in [0.2, 0.25) is 0 Å². The molecule has 0 amide bonds. The highest BCUT2D eigenvalue weighted by atomic mass is 16.5. The largest absolute Gasteiger partial charge is 0.483 e. The maximum atomic E-state index is 8.75. The number of hydrogen-bond acceptors (Lipinski definition) is 2. The average Bonchev–Trinajstić information content (AvgIpc) is 2.15. The predicted octanol–water partition coefficient (Wildman–Crippen LogP) is 2.74. The fourth-order valence-corrected chi connectivity index (χ4v) is 1.44. The van der Waals surface area contributed by atoms with Crippen molar-refractivity contribution >= 4 is 6.08 Å². The van der Waals surface area contributed by atoms with Crippen molar-refractivity contribution in [1.82, 2.24) is 0 Å². The molecule has 1 aliphatic heterocycles. The van der Waals surface area contributed by atoms with Crippen molar-refractivity contribution in [3.8, 4) is 11.8 Å². The Hall–Kier alpha value is -1.75. The van der Waals surface area contributed by atoms with E-state index >= 15 is 0 Å². The van der Waals surface area contributed by atoms with E-state index in [0.717, 1.165) is 11.3 Å². The van der Waals surface area contributed by atoms with Crippen molar-refractivity contribution < 1.29 is 4.74 Å². The van der Waals surface area contributed by atoms with Crippen LogP contribution in [0.25, 0.3) is 6.08 Å². The second-order valence-corrected chi connectivity index (χ2v) is 3.90. The lowest BCUT2D eigenvalue weighted by Gasteiger charge is -2.27. The molecule has 0 saturated carbocycles. The van der Waals surface area contributed by atoms with Gasteiger partial charge in [-0.3, -0.25) is 0 Å². The van der Waals surface area contributed by atoms with Gasteiger partial charge in [-0.25, -0.2) is 0 Å². The zero-order chi connectivity index (χ0) is 10.2. The van der Waals surface area contributed by atoms with Gasteiger partial charge in [0.25, 0.3) is 0 Å². The van der Waals surface area contributed by atoms with Gasteiger partial charge in [0, 0.05) is 5.56 Å². The first kappa shape index (κ1) is 8.83. The molecule has 0 unspecified atom stereocenters. The van der Waals surface area contributed by atoms with E-state index in [0.29, 0.717) is 5.56 Å². The Kier molecular flexibility index (Phi) is 1.82. The Morgan fingerprint density at radius 1 is 1.36 bits per heavy atom. The summed E-state index contributed by atoms with van der Waals surface area (Å²) >= 11 is 0. The van der Waals surface area contributed by atoms with Crippen molar-refractivity contribution in [2.45, 2.75) is 19.4 Å². The van der Waals surface area contributed by atoms with Gasteiger partial charge in [0.15, 0.2) is 0 Å². The van der Waals surface area contributed by atoms with Gasteiger partial charge in [-0.15, -0.1) is 0 Å². The summed E-state index contributed by atoms with van der Waals surface area (Å²) in [5.41, 5.74) is 1.39. The van der Waals surface area contributed by atoms with Crippen LogP contribution in [0.15, 0.2) is 24.3 Å². The zero-order valence-corrected chi connectivity index (χ0v) is 8.24. The molecule has 1 aromatic rings. The van der Waals surface area contributed by atoms with Crippen molar-refractivity contribution in [1.29, 1.82) is 5.26 Å². The van der Waals surface area contributed by atoms with E-state index < -0.39 is 0 Å². The molecule has 2 nitrogen and oxygen atoms in total. The molecule has 2 heteroatoms. The molecule has 0 bridgehead atoms. The van der Waals surface area contributed by atoms with Crippen LogP contribution in [0.5, 0.6) is 5.75 Å². The minimum absolute atomic E-state index is 0.277. The minimum Gasteiger partial charge on any atom is -0.483 e. The molecule has 0 fully saturated rings. The van der Waals surface area contributed by atoms with E-state index in [2.05, 4.69) is 6.07 Å². The van der Waals surface area contributed by atoms with Crippen LogP contribution in [0, 0.1) is 11.3 Å². The normalized spacial score (nSPS) is 16.6. The van der Waals surface area contributed by atoms with Gasteiger partial charge in [-0.2, -0.15) is 5.26 Å². The van der Waals surface area contributed by atoms with E-state index in [9.17, 15) is 0 Å². The predicted molar refractivity (Wildman–Crippen MR) is 54.9 cm³/mol. The second-order valence-electron chi connectivity index (χ2n) is 3.90. The first-order valence-electron chi connectivity index (χ1n) is 4.53. The smallest absolute Gasteiger partial charge is 0.129 e. The molecule has 1 heterocycles. The fraction of sp³-hybridized carbons (Fsp3) is 0.250. The second kappa shape index (κ2) is 2.88. The summed E-state index contributed by atoms with van der Waals surface area (Å²) in [6.45, 7) is 3.98. The molecular formula is C12H11NO. The van der Waals surface area contributed by atoms with E-state index in [1.165, 1.54) is 0 Å². The standard InChI is InChI=1S/C12H11NO/c1-12(2)6-5-10-4-3-9(8-13)7-11(10)14-12/h3-7H,1-2H3. The Morgan fingerprint density at radius 3 is 2.86 bits per heavy atom. The van der Waals surface area contributed by atoms with Gasteiger partial charge < -0.3 is 4.74 Å². The van der Waals surface area contributed by atoms with E-state index in [-0.39, 0.29) is 5.60 Å². The lowest BCUT2D eigenvalue weighted by atomic mass is 10.0. The number of hydrogen-bond donors (Lipinski definition) is 0. The van der Waals surface area contributed by atoms with Crippen LogP contribution in [0.2, 0.25) is 0 Å². The Bertz CT molecular complexity index is 438. The lowest BCUT2D eigenvalue weighted by molar-refractivity contribution is 0.159. The van der Waals surface area contributed by atoms with Crippen LogP contribution >= 0.6 is 0 Å². The van der Waals surface area contributed by atoms with Crippen molar-refractivity contribution in [3.05, 3.63) is 35.4 Å². The molecule has 0 spiro atoms. The van der Waals surface area contributed by atoms with Crippen molar-refractivity contribution in [3.63, 3.8) is 0 Å². The monoisotopic (exact) mass is 185 g/mol. The molecule has 0 aromatic heterocycles. The van der Waals surface area contributed by atoms with Gasteiger partial charge >= 0.3 is 0 Å².